The predicted molar refractivity (Wildman–Crippen MR) is 239 cm³/mol. The molecule has 0 aliphatic heterocycles. The molecule has 20 nitrogen and oxygen atoms in total. The van der Waals surface area contributed by atoms with Crippen molar-refractivity contribution in [1.29, 1.82) is 0 Å². The second-order valence-electron chi connectivity index (χ2n) is 12.7. The van der Waals surface area contributed by atoms with Gasteiger partial charge in [0.1, 0.15) is 17.7 Å². The van der Waals surface area contributed by atoms with Crippen molar-refractivity contribution in [2.24, 2.45) is 32.9 Å². The van der Waals surface area contributed by atoms with E-state index in [1.54, 1.807) is 31.2 Å². The summed E-state index contributed by atoms with van der Waals surface area (Å²) in [7, 11) is 0. The number of aliphatic imine (C=N–C) groups is 2. The van der Waals surface area contributed by atoms with E-state index in [0.29, 0.717) is 113 Å². The zero-order chi connectivity index (χ0) is 43.9. The first-order valence-electron chi connectivity index (χ1n) is 18.5. The minimum absolute atomic E-state index is 0.0188. The molecular formula is C37H49BrN14O6S2. The fraction of sp³-hybridized carbons (Fsp3) is 0.351. The van der Waals surface area contributed by atoms with Crippen LogP contribution in [-0.2, 0) is 19.2 Å². The van der Waals surface area contributed by atoms with E-state index in [4.69, 9.17) is 22.9 Å². The van der Waals surface area contributed by atoms with E-state index < -0.39 is 11.8 Å². The van der Waals surface area contributed by atoms with Crippen molar-refractivity contribution in [3.63, 3.8) is 0 Å². The molecule has 6 amide bonds. The van der Waals surface area contributed by atoms with E-state index in [2.05, 4.69) is 67.8 Å². The zero-order valence-corrected chi connectivity index (χ0v) is 36.1. The molecule has 0 radical (unpaired) electrons. The number of halogens is 1. The summed E-state index contributed by atoms with van der Waals surface area (Å²) < 4.78 is 0.547. The number of hydrogen-bond donors (Lipinski definition) is 10. The van der Waals surface area contributed by atoms with Gasteiger partial charge in [0, 0.05) is 61.1 Å². The highest BCUT2D eigenvalue weighted by Gasteiger charge is 2.21. The number of unbranched alkanes of at least 4 members (excludes halogenated alkanes) is 2. The number of aryl methyl sites for hydroxylation is 1. The molecule has 0 unspecified atom stereocenters. The first-order valence-corrected chi connectivity index (χ1v) is 21.3. The lowest BCUT2D eigenvalue weighted by atomic mass is 10.1. The van der Waals surface area contributed by atoms with Crippen molar-refractivity contribution < 1.29 is 28.8 Å². The summed E-state index contributed by atoms with van der Waals surface area (Å²) >= 11 is 6.06. The molecule has 0 atom stereocenters. The summed E-state index contributed by atoms with van der Waals surface area (Å²) in [6.07, 6.45) is 4.89. The van der Waals surface area contributed by atoms with Gasteiger partial charge in [-0.3, -0.25) is 38.8 Å². The highest BCUT2D eigenvalue weighted by molar-refractivity contribution is 9.10. The molecule has 322 valence electrons. The minimum Gasteiger partial charge on any atom is -0.370 e. The Kier molecular flexibility index (Phi) is 21.2. The van der Waals surface area contributed by atoms with Gasteiger partial charge in [-0.05, 0) is 62.4 Å². The highest BCUT2D eigenvalue weighted by atomic mass is 79.9. The molecule has 2 aromatic carbocycles. The van der Waals surface area contributed by atoms with E-state index in [-0.39, 0.29) is 48.0 Å². The number of guanidine groups is 2. The van der Waals surface area contributed by atoms with Crippen molar-refractivity contribution in [2.45, 2.75) is 55.2 Å². The summed E-state index contributed by atoms with van der Waals surface area (Å²) in [6, 6.07) is 8.08. The lowest BCUT2D eigenvalue weighted by Crippen LogP contribution is -2.23. The van der Waals surface area contributed by atoms with E-state index in [1.807, 2.05) is 0 Å². The number of aromatic nitrogens is 2. The highest BCUT2D eigenvalue weighted by Crippen LogP contribution is 2.39. The molecule has 23 heteroatoms. The van der Waals surface area contributed by atoms with Gasteiger partial charge < -0.3 is 54.8 Å². The third-order valence-corrected chi connectivity index (χ3v) is 10.6. The number of nitrogens with zero attached hydrogens (tertiary/aromatic N) is 4. The number of hydrogen-bond acceptors (Lipinski definition) is 12. The Morgan fingerprint density at radius 2 is 1.07 bits per heavy atom. The maximum absolute atomic E-state index is 13.7. The van der Waals surface area contributed by atoms with Gasteiger partial charge in [-0.15, -0.1) is 23.5 Å². The van der Waals surface area contributed by atoms with E-state index in [0.717, 1.165) is 11.9 Å². The maximum Gasteiger partial charge on any atom is 0.274 e. The number of rotatable bonds is 26. The topological polar surface area (TPSA) is 329 Å². The Morgan fingerprint density at radius 3 is 1.50 bits per heavy atom. The second-order valence-corrected chi connectivity index (χ2v) is 15.8. The average molecular weight is 930 g/mol. The van der Waals surface area contributed by atoms with Crippen LogP contribution in [0.4, 0.5) is 22.7 Å². The van der Waals surface area contributed by atoms with Gasteiger partial charge in [-0.1, -0.05) is 15.9 Å². The number of amides is 6. The van der Waals surface area contributed by atoms with Crippen LogP contribution in [0.1, 0.15) is 65.1 Å². The number of benzene rings is 2. The SMILES string of the molecule is Cc1cc(NC(=O)CCCCN=C(N)N)c(SCCNC=O)c(NC(=O)c2cc(C(=O)Nc3cc(Br)cc(NC(=O)CCCCN=C(N)N)c3SCCNC=O)ncn2)c1. The molecular weight excluding hydrogens is 881 g/mol. The number of carbonyl (C=O) groups is 6. The van der Waals surface area contributed by atoms with Crippen molar-refractivity contribution in [2.75, 3.05) is 59.0 Å². The van der Waals surface area contributed by atoms with Crippen molar-refractivity contribution in [1.82, 2.24) is 20.6 Å². The summed E-state index contributed by atoms with van der Waals surface area (Å²) in [5.74, 6) is -1.08. The van der Waals surface area contributed by atoms with Gasteiger partial charge in [0.2, 0.25) is 24.6 Å². The maximum atomic E-state index is 13.7. The van der Waals surface area contributed by atoms with Crippen LogP contribution < -0.4 is 54.8 Å². The summed E-state index contributed by atoms with van der Waals surface area (Å²) in [4.78, 5) is 92.2. The Balaban J connectivity index is 1.84. The zero-order valence-electron chi connectivity index (χ0n) is 32.8. The summed E-state index contributed by atoms with van der Waals surface area (Å²) in [5.41, 5.74) is 23.5. The molecule has 0 spiro atoms. The first-order chi connectivity index (χ1) is 28.8. The van der Waals surface area contributed by atoms with Crippen LogP contribution >= 0.6 is 39.5 Å². The van der Waals surface area contributed by atoms with Crippen LogP contribution in [0.5, 0.6) is 0 Å². The lowest BCUT2D eigenvalue weighted by Gasteiger charge is -2.18. The number of anilines is 4. The number of thioether (sulfide) groups is 2. The first kappa shape index (κ1) is 48.4. The van der Waals surface area contributed by atoms with Crippen LogP contribution in [0.2, 0.25) is 0 Å². The third-order valence-electron chi connectivity index (χ3n) is 7.83. The molecule has 14 N–H and O–H groups in total. The molecule has 60 heavy (non-hydrogen) atoms. The molecule has 0 saturated carbocycles. The monoisotopic (exact) mass is 928 g/mol. The van der Waals surface area contributed by atoms with Crippen molar-refractivity contribution in [3.8, 4) is 0 Å². The summed E-state index contributed by atoms with van der Waals surface area (Å²) in [6.45, 7) is 3.22. The molecule has 1 heterocycles. The lowest BCUT2D eigenvalue weighted by molar-refractivity contribution is -0.117. The van der Waals surface area contributed by atoms with Crippen LogP contribution in [-0.4, -0.2) is 96.0 Å². The fourth-order valence-corrected chi connectivity index (χ4v) is 7.57. The van der Waals surface area contributed by atoms with Gasteiger partial charge in [-0.2, -0.15) is 0 Å². The van der Waals surface area contributed by atoms with E-state index in [1.165, 1.54) is 29.6 Å². The van der Waals surface area contributed by atoms with Gasteiger partial charge in [-0.25, -0.2) is 9.97 Å². The van der Waals surface area contributed by atoms with Crippen molar-refractivity contribution >= 4 is 111 Å². The molecule has 3 rings (SSSR count). The Morgan fingerprint density at radius 1 is 0.650 bits per heavy atom. The van der Waals surface area contributed by atoms with Crippen LogP contribution in [0, 0.1) is 6.92 Å². The molecule has 1 aromatic heterocycles. The Bertz CT molecular complexity index is 1910. The predicted octanol–water partition coefficient (Wildman–Crippen LogP) is 2.49. The molecule has 0 aliphatic rings. The average Bonchev–Trinajstić information content (AvgIpc) is 3.19. The third kappa shape index (κ3) is 17.5. The number of carbonyl (C=O) groups excluding carboxylic acids is 6. The Hall–Kier alpha value is -5.94. The minimum atomic E-state index is -0.674. The smallest absolute Gasteiger partial charge is 0.274 e. The fourth-order valence-electron chi connectivity index (χ4n) is 5.21. The molecule has 0 bridgehead atoms. The molecule has 3 aromatic rings. The van der Waals surface area contributed by atoms with Gasteiger partial charge in [0.05, 0.1) is 32.5 Å². The molecule has 0 fully saturated rings. The van der Waals surface area contributed by atoms with Gasteiger partial charge >= 0.3 is 0 Å². The Labute approximate surface area is 363 Å². The molecule has 0 saturated heterocycles. The van der Waals surface area contributed by atoms with E-state index in [9.17, 15) is 28.8 Å². The van der Waals surface area contributed by atoms with Crippen LogP contribution in [0.25, 0.3) is 0 Å². The second kappa shape index (κ2) is 26.2. The molecule has 0 aliphatic carbocycles. The number of nitrogens with one attached hydrogen (secondary N) is 6. The largest absolute Gasteiger partial charge is 0.370 e. The van der Waals surface area contributed by atoms with Gasteiger partial charge in [0.15, 0.2) is 11.9 Å². The normalized spacial score (nSPS) is 10.4. The van der Waals surface area contributed by atoms with E-state index >= 15 is 0 Å². The quantitative estimate of drug-likeness (QED) is 0.0182. The van der Waals surface area contributed by atoms with Crippen molar-refractivity contribution in [3.05, 3.63) is 58.1 Å². The standard InChI is InChI=1S/C37H49BrN14O6S2/c1-22-14-24(49-30(55)6-2-4-8-45-36(39)40)32(59-12-10-43-20-53)25(15-22)51-34(57)28-18-29(48-19-47-28)35(58)52-27-17-23(38)16-26(33(27)60-13-11-44-21-54)50-31(56)7-3-5-9-46-37(41)42/h14-21H,2-13H2,1H3,(H,43,53)(H,44,54)(H,49,55)(H,50,56)(H,51,57)(H,52,58)(H4,39,40,45)(H4,41,42,46). The van der Waals surface area contributed by atoms with Crippen LogP contribution in [0.15, 0.2) is 60.9 Å². The van der Waals surface area contributed by atoms with Gasteiger partial charge in [0.25, 0.3) is 11.8 Å². The van der Waals surface area contributed by atoms with Crippen LogP contribution in [0.3, 0.4) is 0 Å². The summed E-state index contributed by atoms with van der Waals surface area (Å²) in [5, 5.41) is 16.7. The number of nitrogens with two attached hydrogens (primary N) is 4.